The summed E-state index contributed by atoms with van der Waals surface area (Å²) in [7, 11) is 1.67. The summed E-state index contributed by atoms with van der Waals surface area (Å²) in [5.41, 5.74) is 8.57. The van der Waals surface area contributed by atoms with E-state index in [9.17, 15) is 0 Å². The number of hydrogen-bond acceptors (Lipinski definition) is 4. The molecule has 0 radical (unpaired) electrons. The Hall–Kier alpha value is -1.52. The summed E-state index contributed by atoms with van der Waals surface area (Å²) in [5, 5.41) is 2.07. The van der Waals surface area contributed by atoms with Crippen molar-refractivity contribution in [3.8, 4) is 11.5 Å². The molecule has 1 aromatic heterocycles. The lowest BCUT2D eigenvalue weighted by atomic mass is 10.1. The zero-order chi connectivity index (χ0) is 15.4. The van der Waals surface area contributed by atoms with Crippen LogP contribution in [-0.2, 0) is 6.42 Å². The van der Waals surface area contributed by atoms with Gasteiger partial charge in [0.1, 0.15) is 6.10 Å². The summed E-state index contributed by atoms with van der Waals surface area (Å²) >= 11 is 1.68. The lowest BCUT2D eigenvalue weighted by molar-refractivity contribution is 0.176. The minimum Gasteiger partial charge on any atom is -0.493 e. The molecule has 1 aromatic carbocycles. The predicted octanol–water partition coefficient (Wildman–Crippen LogP) is 4.09. The van der Waals surface area contributed by atoms with Crippen molar-refractivity contribution in [2.24, 2.45) is 5.73 Å². The first-order valence-corrected chi connectivity index (χ1v) is 8.08. The molecule has 0 saturated carbocycles. The molecule has 0 fully saturated rings. The fourth-order valence-electron chi connectivity index (χ4n) is 2.24. The second-order valence-electron chi connectivity index (χ2n) is 5.20. The number of ether oxygens (including phenoxy) is 2. The third-order valence-corrected chi connectivity index (χ3v) is 4.61. The quantitative estimate of drug-likeness (QED) is 0.874. The molecule has 2 aromatic rings. The summed E-state index contributed by atoms with van der Waals surface area (Å²) < 4.78 is 11.6. The van der Waals surface area contributed by atoms with Gasteiger partial charge in [0.15, 0.2) is 11.5 Å². The zero-order valence-electron chi connectivity index (χ0n) is 13.1. The average molecular weight is 305 g/mol. The van der Waals surface area contributed by atoms with Crippen LogP contribution in [0.3, 0.4) is 0 Å². The molecule has 0 saturated heterocycles. The van der Waals surface area contributed by atoms with Crippen molar-refractivity contribution in [2.45, 2.75) is 39.3 Å². The van der Waals surface area contributed by atoms with Crippen molar-refractivity contribution in [3.63, 3.8) is 0 Å². The maximum absolute atomic E-state index is 6.18. The molecule has 0 aliphatic heterocycles. The number of hydrogen-bond donors (Lipinski definition) is 1. The van der Waals surface area contributed by atoms with Crippen LogP contribution in [0.5, 0.6) is 11.5 Å². The molecule has 1 heterocycles. The number of nitrogens with two attached hydrogens (primary N) is 1. The molecule has 114 valence electrons. The smallest absolute Gasteiger partial charge is 0.162 e. The van der Waals surface area contributed by atoms with Crippen molar-refractivity contribution in [3.05, 3.63) is 45.6 Å². The fourth-order valence-corrected chi connectivity index (χ4v) is 3.31. The molecule has 0 bridgehead atoms. The first kappa shape index (κ1) is 15.9. The molecule has 2 rings (SSSR count). The van der Waals surface area contributed by atoms with Crippen molar-refractivity contribution < 1.29 is 9.47 Å². The van der Waals surface area contributed by atoms with Crippen molar-refractivity contribution in [1.82, 2.24) is 0 Å². The summed E-state index contributed by atoms with van der Waals surface area (Å²) in [6.45, 7) is 6.17. The second-order valence-corrected chi connectivity index (χ2v) is 6.15. The lowest BCUT2D eigenvalue weighted by Crippen LogP contribution is -2.29. The Morgan fingerprint density at radius 3 is 2.52 bits per heavy atom. The largest absolute Gasteiger partial charge is 0.493 e. The van der Waals surface area contributed by atoms with Gasteiger partial charge in [0.2, 0.25) is 0 Å². The zero-order valence-corrected chi connectivity index (χ0v) is 13.9. The van der Waals surface area contributed by atoms with Crippen LogP contribution in [0.4, 0.5) is 0 Å². The maximum Gasteiger partial charge on any atom is 0.162 e. The van der Waals surface area contributed by atoms with Crippen LogP contribution in [0, 0.1) is 6.92 Å². The highest BCUT2D eigenvalue weighted by molar-refractivity contribution is 7.10. The molecule has 2 N–H and O–H groups in total. The number of methoxy groups -OCH3 is 1. The van der Waals surface area contributed by atoms with Gasteiger partial charge < -0.3 is 15.2 Å². The topological polar surface area (TPSA) is 44.5 Å². The molecule has 3 nitrogen and oxygen atoms in total. The number of thiophene rings is 1. The normalized spacial score (nSPS) is 13.8. The highest BCUT2D eigenvalue weighted by Crippen LogP contribution is 2.35. The fraction of sp³-hybridized carbons (Fsp3) is 0.412. The lowest BCUT2D eigenvalue weighted by Gasteiger charge is -2.23. The van der Waals surface area contributed by atoms with E-state index in [-0.39, 0.29) is 12.1 Å². The summed E-state index contributed by atoms with van der Waals surface area (Å²) in [6, 6.07) is 8.05. The second kappa shape index (κ2) is 6.96. The van der Waals surface area contributed by atoms with Crippen LogP contribution in [0.1, 0.15) is 36.0 Å². The molecule has 2 atom stereocenters. The van der Waals surface area contributed by atoms with Gasteiger partial charge in [0.05, 0.1) is 7.11 Å². The molecule has 0 aliphatic carbocycles. The number of aryl methyl sites for hydroxylation is 2. The first-order valence-electron chi connectivity index (χ1n) is 7.20. The Balaban J connectivity index is 2.31. The van der Waals surface area contributed by atoms with E-state index in [2.05, 4.69) is 31.4 Å². The van der Waals surface area contributed by atoms with Crippen molar-refractivity contribution in [1.29, 1.82) is 0 Å². The van der Waals surface area contributed by atoms with Gasteiger partial charge >= 0.3 is 0 Å². The van der Waals surface area contributed by atoms with Gasteiger partial charge in [-0.05, 0) is 55.0 Å². The van der Waals surface area contributed by atoms with E-state index >= 15 is 0 Å². The van der Waals surface area contributed by atoms with E-state index in [0.29, 0.717) is 0 Å². The van der Waals surface area contributed by atoms with E-state index in [1.807, 2.05) is 19.1 Å². The van der Waals surface area contributed by atoms with Gasteiger partial charge in [-0.3, -0.25) is 0 Å². The molecule has 0 spiro atoms. The van der Waals surface area contributed by atoms with Gasteiger partial charge in [0.25, 0.3) is 0 Å². The van der Waals surface area contributed by atoms with Crippen LogP contribution < -0.4 is 15.2 Å². The minimum atomic E-state index is -0.161. The van der Waals surface area contributed by atoms with Crippen molar-refractivity contribution >= 4 is 11.3 Å². The van der Waals surface area contributed by atoms with Crippen LogP contribution in [0.15, 0.2) is 29.6 Å². The molecule has 0 aliphatic rings. The summed E-state index contributed by atoms with van der Waals surface area (Å²) in [5.74, 6) is 1.50. The minimum absolute atomic E-state index is 0.0992. The Morgan fingerprint density at radius 1 is 1.24 bits per heavy atom. The van der Waals surface area contributed by atoms with Gasteiger partial charge in [0, 0.05) is 10.9 Å². The van der Waals surface area contributed by atoms with Gasteiger partial charge in [-0.1, -0.05) is 13.0 Å². The van der Waals surface area contributed by atoms with E-state index in [1.54, 1.807) is 18.4 Å². The van der Waals surface area contributed by atoms with Crippen LogP contribution in [0.2, 0.25) is 0 Å². The van der Waals surface area contributed by atoms with Crippen LogP contribution in [0.25, 0.3) is 0 Å². The Kier molecular flexibility index (Phi) is 5.26. The highest BCUT2D eigenvalue weighted by Gasteiger charge is 2.23. The molecule has 2 unspecified atom stereocenters. The SMILES string of the molecule is CCc1ccc(OC(c2sccc2C)C(C)N)c(OC)c1. The third-order valence-electron chi connectivity index (χ3n) is 3.53. The monoisotopic (exact) mass is 305 g/mol. The Bertz CT molecular complexity index is 592. The number of rotatable bonds is 6. The molecular weight excluding hydrogens is 282 g/mol. The van der Waals surface area contributed by atoms with E-state index in [4.69, 9.17) is 15.2 Å². The molecular formula is C17H23NO2S. The predicted molar refractivity (Wildman–Crippen MR) is 88.4 cm³/mol. The molecule has 21 heavy (non-hydrogen) atoms. The van der Waals surface area contributed by atoms with Gasteiger partial charge in [-0.15, -0.1) is 11.3 Å². The maximum atomic E-state index is 6.18. The standard InChI is InChI=1S/C17H23NO2S/c1-5-13-6-7-14(15(10-13)19-4)20-16(12(3)18)17-11(2)8-9-21-17/h6-10,12,16H,5,18H2,1-4H3. The molecule has 4 heteroatoms. The number of benzene rings is 1. The first-order chi connectivity index (χ1) is 10.1. The van der Waals surface area contributed by atoms with Gasteiger partial charge in [-0.2, -0.15) is 0 Å². The Labute approximate surface area is 130 Å². The third kappa shape index (κ3) is 3.57. The van der Waals surface area contributed by atoms with E-state index in [0.717, 1.165) is 17.9 Å². The summed E-state index contributed by atoms with van der Waals surface area (Å²) in [6.07, 6.45) is 0.809. The average Bonchev–Trinajstić information content (AvgIpc) is 2.90. The van der Waals surface area contributed by atoms with E-state index < -0.39 is 0 Å². The highest BCUT2D eigenvalue weighted by atomic mass is 32.1. The van der Waals surface area contributed by atoms with Gasteiger partial charge in [-0.25, -0.2) is 0 Å². The van der Waals surface area contributed by atoms with Crippen LogP contribution in [-0.4, -0.2) is 13.2 Å². The van der Waals surface area contributed by atoms with Crippen LogP contribution >= 0.6 is 11.3 Å². The molecule has 0 amide bonds. The Morgan fingerprint density at radius 2 is 2.00 bits per heavy atom. The van der Waals surface area contributed by atoms with E-state index in [1.165, 1.54) is 16.0 Å². The van der Waals surface area contributed by atoms with Crippen molar-refractivity contribution in [2.75, 3.05) is 7.11 Å². The summed E-state index contributed by atoms with van der Waals surface area (Å²) in [4.78, 5) is 1.17.